The van der Waals surface area contributed by atoms with E-state index in [-0.39, 0.29) is 11.9 Å². The van der Waals surface area contributed by atoms with E-state index in [1.54, 1.807) is 11.8 Å². The molecule has 0 heterocycles. The zero-order chi connectivity index (χ0) is 11.8. The van der Waals surface area contributed by atoms with Crippen LogP contribution in [0.4, 0.5) is 0 Å². The van der Waals surface area contributed by atoms with E-state index in [4.69, 9.17) is 0 Å². The summed E-state index contributed by atoms with van der Waals surface area (Å²) >= 11 is 1.72. The number of thioether (sulfide) groups is 1. The van der Waals surface area contributed by atoms with Crippen LogP contribution in [0, 0.1) is 0 Å². The highest BCUT2D eigenvalue weighted by Gasteiger charge is 2.04. The molecule has 0 saturated heterocycles. The van der Waals surface area contributed by atoms with Crippen LogP contribution >= 0.6 is 11.8 Å². The van der Waals surface area contributed by atoms with Crippen LogP contribution in [0.3, 0.4) is 0 Å². The van der Waals surface area contributed by atoms with E-state index in [2.05, 4.69) is 24.4 Å². The Balaban J connectivity index is 2.18. The Morgan fingerprint density at radius 1 is 1.38 bits per heavy atom. The molecule has 2 nitrogen and oxygen atoms in total. The van der Waals surface area contributed by atoms with Gasteiger partial charge in [0.2, 0.25) is 5.91 Å². The van der Waals surface area contributed by atoms with Gasteiger partial charge in [0.05, 0.1) is 0 Å². The summed E-state index contributed by atoms with van der Waals surface area (Å²) in [6, 6.07) is 10.5. The molecule has 0 aromatic heterocycles. The maximum Gasteiger partial charge on any atom is 0.221 e. The Hall–Kier alpha value is -0.960. The third-order valence-electron chi connectivity index (χ3n) is 2.36. The van der Waals surface area contributed by atoms with E-state index in [0.29, 0.717) is 6.42 Å². The van der Waals surface area contributed by atoms with Crippen molar-refractivity contribution in [3.63, 3.8) is 0 Å². The number of hydrogen-bond acceptors (Lipinski definition) is 2. The first-order valence-electron chi connectivity index (χ1n) is 5.69. The lowest BCUT2D eigenvalue weighted by Gasteiger charge is -2.10. The molecule has 16 heavy (non-hydrogen) atoms. The first-order chi connectivity index (χ1) is 7.72. The number of nitrogens with one attached hydrogen (secondary N) is 1. The zero-order valence-electron chi connectivity index (χ0n) is 9.90. The van der Waals surface area contributed by atoms with E-state index in [0.717, 1.165) is 12.2 Å². The molecule has 0 fully saturated rings. The number of benzene rings is 1. The van der Waals surface area contributed by atoms with Crippen molar-refractivity contribution in [2.75, 3.05) is 5.75 Å². The molecule has 1 rings (SSSR count). The number of hydrogen-bond donors (Lipinski definition) is 1. The highest BCUT2D eigenvalue weighted by molar-refractivity contribution is 7.99. The van der Waals surface area contributed by atoms with Gasteiger partial charge in [0.25, 0.3) is 0 Å². The molecular formula is C13H19NOS. The van der Waals surface area contributed by atoms with Crippen LogP contribution < -0.4 is 5.32 Å². The molecule has 1 amide bonds. The van der Waals surface area contributed by atoms with Gasteiger partial charge in [0.15, 0.2) is 0 Å². The normalized spacial score (nSPS) is 12.1. The van der Waals surface area contributed by atoms with Gasteiger partial charge in [-0.05, 0) is 25.5 Å². The predicted molar refractivity (Wildman–Crippen MR) is 69.7 cm³/mol. The van der Waals surface area contributed by atoms with Gasteiger partial charge in [-0.25, -0.2) is 0 Å². The fourth-order valence-corrected chi connectivity index (χ4v) is 2.10. The zero-order valence-corrected chi connectivity index (χ0v) is 10.7. The molecule has 0 bridgehead atoms. The molecule has 0 aliphatic carbocycles. The quantitative estimate of drug-likeness (QED) is 0.770. The van der Waals surface area contributed by atoms with Crippen LogP contribution in [0.1, 0.15) is 26.7 Å². The smallest absolute Gasteiger partial charge is 0.221 e. The van der Waals surface area contributed by atoms with E-state index >= 15 is 0 Å². The van der Waals surface area contributed by atoms with E-state index < -0.39 is 0 Å². The lowest BCUT2D eigenvalue weighted by Crippen LogP contribution is -2.32. The lowest BCUT2D eigenvalue weighted by atomic mass is 10.2. The third-order valence-corrected chi connectivity index (χ3v) is 3.37. The van der Waals surface area contributed by atoms with Crippen LogP contribution in [-0.4, -0.2) is 17.7 Å². The van der Waals surface area contributed by atoms with Gasteiger partial charge in [-0.2, -0.15) is 0 Å². The Morgan fingerprint density at radius 3 is 2.69 bits per heavy atom. The number of amides is 1. The molecule has 1 N–H and O–H groups in total. The Bertz CT molecular complexity index is 313. The molecule has 0 spiro atoms. The molecule has 0 aliphatic heterocycles. The average Bonchev–Trinajstić information content (AvgIpc) is 2.30. The maximum atomic E-state index is 11.5. The standard InChI is InChI=1S/C13H19NOS/c1-3-11(2)14-13(15)9-10-16-12-7-5-4-6-8-12/h4-8,11H,3,9-10H2,1-2H3,(H,14,15). The minimum absolute atomic E-state index is 0.151. The molecule has 0 saturated carbocycles. The molecule has 3 heteroatoms. The summed E-state index contributed by atoms with van der Waals surface area (Å²) in [4.78, 5) is 12.7. The van der Waals surface area contributed by atoms with Crippen molar-refractivity contribution < 1.29 is 4.79 Å². The van der Waals surface area contributed by atoms with E-state index in [1.807, 2.05) is 25.1 Å². The summed E-state index contributed by atoms with van der Waals surface area (Å²) < 4.78 is 0. The van der Waals surface area contributed by atoms with Crippen LogP contribution in [0.2, 0.25) is 0 Å². The predicted octanol–water partition coefficient (Wildman–Crippen LogP) is 3.08. The maximum absolute atomic E-state index is 11.5. The molecule has 1 unspecified atom stereocenters. The monoisotopic (exact) mass is 237 g/mol. The Labute approximate surface area is 102 Å². The molecule has 1 atom stereocenters. The van der Waals surface area contributed by atoms with Crippen molar-refractivity contribution in [3.8, 4) is 0 Å². The molecular weight excluding hydrogens is 218 g/mol. The fraction of sp³-hybridized carbons (Fsp3) is 0.462. The summed E-state index contributed by atoms with van der Waals surface area (Å²) in [7, 11) is 0. The number of carbonyl (C=O) groups excluding carboxylic acids is 1. The van der Waals surface area contributed by atoms with Crippen molar-refractivity contribution in [2.24, 2.45) is 0 Å². The summed E-state index contributed by atoms with van der Waals surface area (Å²) in [6.45, 7) is 4.10. The second kappa shape index (κ2) is 7.34. The summed E-state index contributed by atoms with van der Waals surface area (Å²) in [5.41, 5.74) is 0. The van der Waals surface area contributed by atoms with Gasteiger partial charge in [0, 0.05) is 23.1 Å². The molecule has 1 aromatic carbocycles. The first kappa shape index (κ1) is 13.1. The van der Waals surface area contributed by atoms with E-state index in [9.17, 15) is 4.79 Å². The van der Waals surface area contributed by atoms with E-state index in [1.165, 1.54) is 4.90 Å². The molecule has 0 radical (unpaired) electrons. The minimum atomic E-state index is 0.151. The van der Waals surface area contributed by atoms with Crippen LogP contribution in [0.15, 0.2) is 35.2 Å². The van der Waals surface area contributed by atoms with Crippen LogP contribution in [0.25, 0.3) is 0 Å². The highest BCUT2D eigenvalue weighted by atomic mass is 32.2. The second-order valence-electron chi connectivity index (χ2n) is 3.79. The molecule has 0 aliphatic rings. The molecule has 88 valence electrons. The first-order valence-corrected chi connectivity index (χ1v) is 6.68. The minimum Gasteiger partial charge on any atom is -0.354 e. The van der Waals surface area contributed by atoms with Gasteiger partial charge >= 0.3 is 0 Å². The largest absolute Gasteiger partial charge is 0.354 e. The van der Waals surface area contributed by atoms with Gasteiger partial charge in [-0.3, -0.25) is 4.79 Å². The van der Waals surface area contributed by atoms with Crippen molar-refractivity contribution in [1.29, 1.82) is 0 Å². The van der Waals surface area contributed by atoms with Gasteiger partial charge in [0.1, 0.15) is 0 Å². The van der Waals surface area contributed by atoms with Crippen LogP contribution in [-0.2, 0) is 4.79 Å². The summed E-state index contributed by atoms with van der Waals surface area (Å²) in [5.74, 6) is 0.990. The average molecular weight is 237 g/mol. The topological polar surface area (TPSA) is 29.1 Å². The number of rotatable bonds is 6. The van der Waals surface area contributed by atoms with Crippen molar-refractivity contribution in [3.05, 3.63) is 30.3 Å². The third kappa shape index (κ3) is 5.21. The van der Waals surface area contributed by atoms with Crippen molar-refractivity contribution in [2.45, 2.75) is 37.6 Å². The lowest BCUT2D eigenvalue weighted by molar-refractivity contribution is -0.121. The summed E-state index contributed by atoms with van der Waals surface area (Å²) in [6.07, 6.45) is 1.57. The van der Waals surface area contributed by atoms with Gasteiger partial charge in [-0.1, -0.05) is 25.1 Å². The van der Waals surface area contributed by atoms with Crippen LogP contribution in [0.5, 0.6) is 0 Å². The number of carbonyl (C=O) groups is 1. The Kier molecular flexibility index (Phi) is 6.01. The Morgan fingerprint density at radius 2 is 2.06 bits per heavy atom. The summed E-state index contributed by atoms with van der Waals surface area (Å²) in [5, 5.41) is 2.96. The van der Waals surface area contributed by atoms with Gasteiger partial charge in [-0.15, -0.1) is 11.8 Å². The SMILES string of the molecule is CCC(C)NC(=O)CCSc1ccccc1. The molecule has 1 aromatic rings. The fourth-order valence-electron chi connectivity index (χ4n) is 1.23. The van der Waals surface area contributed by atoms with Crippen molar-refractivity contribution >= 4 is 17.7 Å². The second-order valence-corrected chi connectivity index (χ2v) is 4.96. The van der Waals surface area contributed by atoms with Gasteiger partial charge < -0.3 is 5.32 Å². The highest BCUT2D eigenvalue weighted by Crippen LogP contribution is 2.17. The van der Waals surface area contributed by atoms with Crippen molar-refractivity contribution in [1.82, 2.24) is 5.32 Å².